The van der Waals surface area contributed by atoms with Gasteiger partial charge in [-0.2, -0.15) is 0 Å². The smallest absolute Gasteiger partial charge is 0.256 e. The fourth-order valence-electron chi connectivity index (χ4n) is 1.37. The molecule has 1 unspecified atom stereocenters. The average Bonchev–Trinajstić information content (AvgIpc) is 2.52. The van der Waals surface area contributed by atoms with E-state index in [9.17, 15) is 13.9 Å². The third kappa shape index (κ3) is 3.10. The van der Waals surface area contributed by atoms with E-state index in [0.29, 0.717) is 12.0 Å². The summed E-state index contributed by atoms with van der Waals surface area (Å²) < 4.78 is 25.4. The van der Waals surface area contributed by atoms with Crippen LogP contribution in [-0.2, 0) is 6.54 Å². The topological polar surface area (TPSA) is 25.2 Å². The summed E-state index contributed by atoms with van der Waals surface area (Å²) in [4.78, 5) is 0. The molecule has 0 aliphatic heterocycles. The van der Waals surface area contributed by atoms with Crippen LogP contribution in [-0.4, -0.2) is 16.1 Å². The van der Waals surface area contributed by atoms with E-state index in [1.807, 2.05) is 6.92 Å². The van der Waals surface area contributed by atoms with E-state index in [4.69, 9.17) is 0 Å². The number of rotatable bonds is 5. The third-order valence-corrected chi connectivity index (χ3v) is 2.07. The maximum atomic E-state index is 12.0. The van der Waals surface area contributed by atoms with E-state index in [1.54, 1.807) is 18.5 Å². The second kappa shape index (κ2) is 5.10. The number of hydrogen-bond donors (Lipinski definition) is 1. The number of aliphatic hydroxyl groups is 1. The van der Waals surface area contributed by atoms with E-state index >= 15 is 0 Å². The predicted molar refractivity (Wildman–Crippen MR) is 50.3 cm³/mol. The number of hydrogen-bond acceptors (Lipinski definition) is 1. The van der Waals surface area contributed by atoms with Crippen molar-refractivity contribution in [2.24, 2.45) is 0 Å². The Labute approximate surface area is 82.2 Å². The number of alkyl halides is 2. The minimum atomic E-state index is -2.35. The molecule has 0 saturated heterocycles. The minimum Gasteiger partial charge on any atom is -0.388 e. The summed E-state index contributed by atoms with van der Waals surface area (Å²) in [5, 5.41) is 9.57. The molecule has 1 atom stereocenters. The lowest BCUT2D eigenvalue weighted by Gasteiger charge is -2.06. The van der Waals surface area contributed by atoms with Gasteiger partial charge in [-0.25, -0.2) is 8.78 Å². The molecule has 0 fully saturated rings. The molecule has 0 bridgehead atoms. The molecule has 0 spiro atoms. The molecule has 1 heterocycles. The summed E-state index contributed by atoms with van der Waals surface area (Å²) in [6, 6.07) is 1.68. The van der Waals surface area contributed by atoms with Crippen LogP contribution in [0.5, 0.6) is 0 Å². The van der Waals surface area contributed by atoms with Crippen molar-refractivity contribution in [2.45, 2.75) is 38.8 Å². The average molecular weight is 203 g/mol. The van der Waals surface area contributed by atoms with Crippen molar-refractivity contribution < 1.29 is 13.9 Å². The molecule has 0 aromatic carbocycles. The lowest BCUT2D eigenvalue weighted by atomic mass is 10.1. The third-order valence-electron chi connectivity index (χ3n) is 2.07. The van der Waals surface area contributed by atoms with Gasteiger partial charge in [0.1, 0.15) is 0 Å². The molecular formula is C10H15F2NO. The van der Waals surface area contributed by atoms with Crippen molar-refractivity contribution in [1.29, 1.82) is 0 Å². The van der Waals surface area contributed by atoms with Crippen LogP contribution in [0.25, 0.3) is 0 Å². The first-order valence-electron chi connectivity index (χ1n) is 4.75. The van der Waals surface area contributed by atoms with Crippen molar-refractivity contribution >= 4 is 0 Å². The zero-order valence-corrected chi connectivity index (χ0v) is 8.16. The van der Waals surface area contributed by atoms with Crippen molar-refractivity contribution in [1.82, 2.24) is 4.57 Å². The Balaban J connectivity index is 2.58. The molecule has 1 aromatic rings. The Morgan fingerprint density at radius 3 is 2.79 bits per heavy atom. The van der Waals surface area contributed by atoms with Gasteiger partial charge in [0, 0.05) is 12.4 Å². The highest BCUT2D eigenvalue weighted by molar-refractivity contribution is 5.13. The molecule has 1 N–H and O–H groups in total. The van der Waals surface area contributed by atoms with Crippen molar-refractivity contribution in [3.05, 3.63) is 24.0 Å². The maximum absolute atomic E-state index is 12.0. The first-order valence-corrected chi connectivity index (χ1v) is 4.75. The normalized spacial score (nSPS) is 13.5. The summed E-state index contributed by atoms with van der Waals surface area (Å²) >= 11 is 0. The standard InChI is InChI=1S/C10H15F2NO/c1-2-3-9(14)8-4-5-13(6-8)7-10(11)12/h4-6,9-10,14H,2-3,7H2,1H3. The van der Waals surface area contributed by atoms with Crippen LogP contribution < -0.4 is 0 Å². The highest BCUT2D eigenvalue weighted by Gasteiger charge is 2.09. The molecule has 1 rings (SSSR count). The number of halogens is 2. The predicted octanol–water partition coefficient (Wildman–Crippen LogP) is 2.59. The molecule has 80 valence electrons. The van der Waals surface area contributed by atoms with Crippen molar-refractivity contribution in [3.8, 4) is 0 Å². The Bertz CT molecular complexity index is 273. The summed E-state index contributed by atoms with van der Waals surface area (Å²) in [6.45, 7) is 1.66. The van der Waals surface area contributed by atoms with E-state index < -0.39 is 12.5 Å². The Kier molecular flexibility index (Phi) is 4.07. The molecule has 1 aromatic heterocycles. The SMILES string of the molecule is CCCC(O)c1ccn(CC(F)F)c1. The van der Waals surface area contributed by atoms with Gasteiger partial charge in [-0.1, -0.05) is 13.3 Å². The fraction of sp³-hybridized carbons (Fsp3) is 0.600. The Hall–Kier alpha value is -0.900. The molecule has 0 saturated carbocycles. The monoisotopic (exact) mass is 203 g/mol. The Morgan fingerprint density at radius 1 is 1.50 bits per heavy atom. The highest BCUT2D eigenvalue weighted by Crippen LogP contribution is 2.18. The highest BCUT2D eigenvalue weighted by atomic mass is 19.3. The van der Waals surface area contributed by atoms with Crippen molar-refractivity contribution in [2.75, 3.05) is 0 Å². The van der Waals surface area contributed by atoms with Crippen LogP contribution in [0.3, 0.4) is 0 Å². The summed E-state index contributed by atoms with van der Waals surface area (Å²) in [6.07, 6.45) is 1.81. The molecule has 0 aliphatic rings. The minimum absolute atomic E-state index is 0.307. The van der Waals surface area contributed by atoms with Crippen LogP contribution in [0, 0.1) is 0 Å². The molecule has 0 radical (unpaired) electrons. The second-order valence-corrected chi connectivity index (χ2v) is 3.34. The lowest BCUT2D eigenvalue weighted by molar-refractivity contribution is 0.126. The zero-order valence-electron chi connectivity index (χ0n) is 8.16. The first-order chi connectivity index (χ1) is 6.63. The molecule has 2 nitrogen and oxygen atoms in total. The van der Waals surface area contributed by atoms with E-state index in [2.05, 4.69) is 0 Å². The van der Waals surface area contributed by atoms with Crippen LogP contribution in [0.2, 0.25) is 0 Å². The van der Waals surface area contributed by atoms with Gasteiger partial charge in [0.25, 0.3) is 6.43 Å². The van der Waals surface area contributed by atoms with Gasteiger partial charge in [0.2, 0.25) is 0 Å². The van der Waals surface area contributed by atoms with Crippen molar-refractivity contribution in [3.63, 3.8) is 0 Å². The molecular weight excluding hydrogens is 188 g/mol. The number of aromatic nitrogens is 1. The fourth-order valence-corrected chi connectivity index (χ4v) is 1.37. The lowest BCUT2D eigenvalue weighted by Crippen LogP contribution is -2.04. The molecule has 4 heteroatoms. The van der Waals surface area contributed by atoms with Gasteiger partial charge in [0.05, 0.1) is 12.6 Å². The summed E-state index contributed by atoms with van der Waals surface area (Å²) in [5.74, 6) is 0. The van der Waals surface area contributed by atoms with Crippen LogP contribution in [0.4, 0.5) is 8.78 Å². The maximum Gasteiger partial charge on any atom is 0.256 e. The number of aliphatic hydroxyl groups excluding tert-OH is 1. The van der Waals surface area contributed by atoms with Crippen LogP contribution in [0.15, 0.2) is 18.5 Å². The van der Waals surface area contributed by atoms with E-state index in [-0.39, 0.29) is 6.54 Å². The van der Waals surface area contributed by atoms with E-state index in [0.717, 1.165) is 6.42 Å². The van der Waals surface area contributed by atoms with E-state index in [1.165, 1.54) is 4.57 Å². The molecule has 0 amide bonds. The zero-order chi connectivity index (χ0) is 10.6. The summed E-state index contributed by atoms with van der Waals surface area (Å²) in [5.41, 5.74) is 0.715. The first kappa shape index (κ1) is 11.2. The Morgan fingerprint density at radius 2 is 2.21 bits per heavy atom. The molecule has 14 heavy (non-hydrogen) atoms. The second-order valence-electron chi connectivity index (χ2n) is 3.34. The van der Waals surface area contributed by atoms with Crippen LogP contribution in [0.1, 0.15) is 31.4 Å². The van der Waals surface area contributed by atoms with Gasteiger partial charge in [0.15, 0.2) is 0 Å². The quantitative estimate of drug-likeness (QED) is 0.781. The van der Waals surface area contributed by atoms with Gasteiger partial charge in [-0.15, -0.1) is 0 Å². The van der Waals surface area contributed by atoms with Gasteiger partial charge in [-0.3, -0.25) is 0 Å². The largest absolute Gasteiger partial charge is 0.388 e. The summed E-state index contributed by atoms with van der Waals surface area (Å²) in [7, 11) is 0. The van der Waals surface area contributed by atoms with Gasteiger partial charge < -0.3 is 9.67 Å². The van der Waals surface area contributed by atoms with Crippen LogP contribution >= 0.6 is 0 Å². The molecule has 0 aliphatic carbocycles. The number of nitrogens with zero attached hydrogens (tertiary/aromatic N) is 1. The van der Waals surface area contributed by atoms with Gasteiger partial charge >= 0.3 is 0 Å². The van der Waals surface area contributed by atoms with Gasteiger partial charge in [-0.05, 0) is 18.1 Å².